The molecule has 0 fully saturated rings. The number of primary amides is 1. The fraction of sp³-hybridized carbons (Fsp3) is 0.176. The smallest absolute Gasteiger partial charge is 0.312 e. The van der Waals surface area contributed by atoms with Gasteiger partial charge in [-0.25, -0.2) is 4.79 Å². The van der Waals surface area contributed by atoms with E-state index < -0.39 is 12.1 Å². The quantitative estimate of drug-likeness (QED) is 0.749. The van der Waals surface area contributed by atoms with Crippen molar-refractivity contribution in [2.75, 3.05) is 12.4 Å². The number of carbonyl (C=O) groups is 2. The first-order chi connectivity index (χ1) is 11.5. The minimum Gasteiger partial charge on any atom is -0.495 e. The maximum absolute atomic E-state index is 12.3. The SMILES string of the molecule is COc1ccc(NC(=O)CC(NC(N)=O)c2ccccc2)cc1Cl. The van der Waals surface area contributed by atoms with Crippen molar-refractivity contribution < 1.29 is 14.3 Å². The van der Waals surface area contributed by atoms with Crippen LogP contribution in [0.1, 0.15) is 18.0 Å². The Bertz CT molecular complexity index is 722. The summed E-state index contributed by atoms with van der Waals surface area (Å²) in [7, 11) is 1.51. The standard InChI is InChI=1S/C17H18ClN3O3/c1-24-15-8-7-12(9-13(15)18)20-16(22)10-14(21-17(19)23)11-5-3-2-4-6-11/h2-9,14H,10H2,1H3,(H,20,22)(H3,19,21,23). The number of halogens is 1. The molecule has 0 aliphatic rings. The van der Waals surface area contributed by atoms with Crippen molar-refractivity contribution in [3.05, 3.63) is 59.1 Å². The van der Waals surface area contributed by atoms with Crippen LogP contribution in [0.3, 0.4) is 0 Å². The zero-order valence-corrected chi connectivity index (χ0v) is 13.8. The molecule has 0 spiro atoms. The number of nitrogens with two attached hydrogens (primary N) is 1. The van der Waals surface area contributed by atoms with Crippen LogP contribution < -0.4 is 21.1 Å². The molecule has 0 saturated heterocycles. The van der Waals surface area contributed by atoms with Crippen LogP contribution >= 0.6 is 11.6 Å². The Morgan fingerprint density at radius 2 is 1.92 bits per heavy atom. The Balaban J connectivity index is 2.07. The molecule has 0 aliphatic carbocycles. The van der Waals surface area contributed by atoms with Gasteiger partial charge in [0, 0.05) is 5.69 Å². The second kappa shape index (κ2) is 8.21. The van der Waals surface area contributed by atoms with E-state index >= 15 is 0 Å². The summed E-state index contributed by atoms with van der Waals surface area (Å²) in [5, 5.41) is 5.70. The van der Waals surface area contributed by atoms with Crippen LogP contribution in [0.2, 0.25) is 5.02 Å². The van der Waals surface area contributed by atoms with E-state index in [4.69, 9.17) is 22.1 Å². The maximum Gasteiger partial charge on any atom is 0.312 e. The Labute approximate surface area is 144 Å². The molecule has 1 unspecified atom stereocenters. The third kappa shape index (κ3) is 4.89. The summed E-state index contributed by atoms with van der Waals surface area (Å²) in [6, 6.07) is 12.9. The summed E-state index contributed by atoms with van der Waals surface area (Å²) in [4.78, 5) is 23.5. The molecule has 24 heavy (non-hydrogen) atoms. The van der Waals surface area contributed by atoms with Gasteiger partial charge in [0.2, 0.25) is 5.91 Å². The number of urea groups is 1. The summed E-state index contributed by atoms with van der Waals surface area (Å²) < 4.78 is 5.07. The van der Waals surface area contributed by atoms with E-state index in [0.29, 0.717) is 16.5 Å². The minimum absolute atomic E-state index is 0.0383. The van der Waals surface area contributed by atoms with E-state index in [9.17, 15) is 9.59 Å². The number of ether oxygens (including phenoxy) is 1. The van der Waals surface area contributed by atoms with Crippen molar-refractivity contribution in [2.24, 2.45) is 5.73 Å². The number of carbonyl (C=O) groups excluding carboxylic acids is 2. The van der Waals surface area contributed by atoms with Gasteiger partial charge in [-0.2, -0.15) is 0 Å². The van der Waals surface area contributed by atoms with Gasteiger partial charge in [0.1, 0.15) is 5.75 Å². The van der Waals surface area contributed by atoms with Crippen molar-refractivity contribution in [3.8, 4) is 5.75 Å². The molecule has 2 rings (SSSR count). The molecule has 7 heteroatoms. The number of anilines is 1. The van der Waals surface area contributed by atoms with E-state index in [1.54, 1.807) is 18.2 Å². The van der Waals surface area contributed by atoms with Crippen molar-refractivity contribution in [3.63, 3.8) is 0 Å². The number of amides is 3. The Morgan fingerprint density at radius 1 is 1.21 bits per heavy atom. The van der Waals surface area contributed by atoms with Gasteiger partial charge >= 0.3 is 6.03 Å². The highest BCUT2D eigenvalue weighted by Gasteiger charge is 2.17. The van der Waals surface area contributed by atoms with E-state index in [1.165, 1.54) is 7.11 Å². The average molecular weight is 348 g/mol. The number of nitrogens with one attached hydrogen (secondary N) is 2. The number of rotatable bonds is 6. The van der Waals surface area contributed by atoms with Crippen molar-refractivity contribution in [2.45, 2.75) is 12.5 Å². The number of methoxy groups -OCH3 is 1. The normalized spacial score (nSPS) is 11.4. The van der Waals surface area contributed by atoms with Gasteiger partial charge in [-0.05, 0) is 23.8 Å². The van der Waals surface area contributed by atoms with E-state index in [-0.39, 0.29) is 12.3 Å². The highest BCUT2D eigenvalue weighted by molar-refractivity contribution is 6.32. The summed E-state index contributed by atoms with van der Waals surface area (Å²) in [5.41, 5.74) is 6.53. The van der Waals surface area contributed by atoms with E-state index in [2.05, 4.69) is 10.6 Å². The van der Waals surface area contributed by atoms with Gasteiger partial charge in [0.15, 0.2) is 0 Å². The third-order valence-corrected chi connectivity index (χ3v) is 3.64. The lowest BCUT2D eigenvalue weighted by Crippen LogP contribution is -2.35. The van der Waals surface area contributed by atoms with Gasteiger partial charge in [0.05, 0.1) is 24.6 Å². The minimum atomic E-state index is -0.691. The molecule has 4 N–H and O–H groups in total. The van der Waals surface area contributed by atoms with Crippen LogP contribution in [-0.4, -0.2) is 19.0 Å². The molecular weight excluding hydrogens is 330 g/mol. The largest absolute Gasteiger partial charge is 0.495 e. The summed E-state index contributed by atoms with van der Waals surface area (Å²) >= 11 is 6.03. The van der Waals surface area contributed by atoms with Crippen LogP contribution in [0.5, 0.6) is 5.75 Å². The van der Waals surface area contributed by atoms with E-state index in [1.807, 2.05) is 30.3 Å². The van der Waals surface area contributed by atoms with Crippen LogP contribution in [0.25, 0.3) is 0 Å². The van der Waals surface area contributed by atoms with Crippen molar-refractivity contribution >= 4 is 29.2 Å². The molecule has 0 aliphatic heterocycles. The van der Waals surface area contributed by atoms with E-state index in [0.717, 1.165) is 5.56 Å². The maximum atomic E-state index is 12.3. The lowest BCUT2D eigenvalue weighted by molar-refractivity contribution is -0.116. The lowest BCUT2D eigenvalue weighted by Gasteiger charge is -2.18. The van der Waals surface area contributed by atoms with Crippen LogP contribution in [0, 0.1) is 0 Å². The average Bonchev–Trinajstić information content (AvgIpc) is 2.55. The molecule has 6 nitrogen and oxygen atoms in total. The fourth-order valence-electron chi connectivity index (χ4n) is 2.25. The molecule has 3 amide bonds. The number of hydrogen-bond donors (Lipinski definition) is 3. The molecule has 0 radical (unpaired) electrons. The monoisotopic (exact) mass is 347 g/mol. The Morgan fingerprint density at radius 3 is 2.50 bits per heavy atom. The zero-order chi connectivity index (χ0) is 17.5. The first kappa shape index (κ1) is 17.6. The predicted octanol–water partition coefficient (Wildman–Crippen LogP) is 3.09. The van der Waals surface area contributed by atoms with Gasteiger partial charge in [-0.15, -0.1) is 0 Å². The predicted molar refractivity (Wildman–Crippen MR) is 93.2 cm³/mol. The van der Waals surface area contributed by atoms with Gasteiger partial charge < -0.3 is 21.1 Å². The summed E-state index contributed by atoms with van der Waals surface area (Å²) in [6.45, 7) is 0. The molecule has 1 atom stereocenters. The highest BCUT2D eigenvalue weighted by Crippen LogP contribution is 2.27. The molecule has 2 aromatic rings. The third-order valence-electron chi connectivity index (χ3n) is 3.34. The second-order valence-corrected chi connectivity index (χ2v) is 5.48. The topological polar surface area (TPSA) is 93.4 Å². The molecular formula is C17H18ClN3O3. The number of hydrogen-bond acceptors (Lipinski definition) is 3. The molecule has 0 aromatic heterocycles. The molecule has 0 heterocycles. The first-order valence-electron chi connectivity index (χ1n) is 7.24. The Kier molecular flexibility index (Phi) is 6.03. The number of benzene rings is 2. The molecule has 0 saturated carbocycles. The first-order valence-corrected chi connectivity index (χ1v) is 7.61. The zero-order valence-electron chi connectivity index (χ0n) is 13.1. The van der Waals surface area contributed by atoms with Crippen LogP contribution in [0.15, 0.2) is 48.5 Å². The second-order valence-electron chi connectivity index (χ2n) is 5.07. The molecule has 0 bridgehead atoms. The van der Waals surface area contributed by atoms with Crippen molar-refractivity contribution in [1.82, 2.24) is 5.32 Å². The lowest BCUT2D eigenvalue weighted by atomic mass is 10.0. The Hall–Kier alpha value is -2.73. The van der Waals surface area contributed by atoms with Crippen LogP contribution in [-0.2, 0) is 4.79 Å². The summed E-state index contributed by atoms with van der Waals surface area (Å²) in [5.74, 6) is 0.242. The van der Waals surface area contributed by atoms with Crippen LogP contribution in [0.4, 0.5) is 10.5 Å². The van der Waals surface area contributed by atoms with Gasteiger partial charge in [0.25, 0.3) is 0 Å². The summed E-state index contributed by atoms with van der Waals surface area (Å²) in [6.07, 6.45) is 0.0383. The molecule has 126 valence electrons. The fourth-order valence-corrected chi connectivity index (χ4v) is 2.51. The highest BCUT2D eigenvalue weighted by atomic mass is 35.5. The molecule has 2 aromatic carbocycles. The van der Waals surface area contributed by atoms with Crippen molar-refractivity contribution in [1.29, 1.82) is 0 Å². The van der Waals surface area contributed by atoms with Gasteiger partial charge in [-0.3, -0.25) is 4.79 Å². The van der Waals surface area contributed by atoms with Gasteiger partial charge in [-0.1, -0.05) is 41.9 Å².